The summed E-state index contributed by atoms with van der Waals surface area (Å²) < 4.78 is 5.08. The van der Waals surface area contributed by atoms with Gasteiger partial charge in [-0.05, 0) is 19.8 Å². The summed E-state index contributed by atoms with van der Waals surface area (Å²) in [6, 6.07) is 0.0658. The van der Waals surface area contributed by atoms with Gasteiger partial charge in [0.1, 0.15) is 0 Å². The molecule has 1 saturated carbocycles. The lowest BCUT2D eigenvalue weighted by Crippen LogP contribution is -2.89. The van der Waals surface area contributed by atoms with E-state index in [0.29, 0.717) is 11.9 Å². The first kappa shape index (κ1) is 13.2. The molecule has 1 heterocycles. The van der Waals surface area contributed by atoms with Crippen molar-refractivity contribution in [3.63, 3.8) is 0 Å². The molecule has 1 unspecified atom stereocenters. The van der Waals surface area contributed by atoms with Crippen molar-refractivity contribution in [3.05, 3.63) is 0 Å². The fourth-order valence-electron chi connectivity index (χ4n) is 2.82. The molecule has 98 valence electrons. The van der Waals surface area contributed by atoms with Gasteiger partial charge in [0.15, 0.2) is 6.04 Å². The highest BCUT2D eigenvalue weighted by molar-refractivity contribution is 8.00. The van der Waals surface area contributed by atoms with E-state index in [4.69, 9.17) is 4.74 Å². The van der Waals surface area contributed by atoms with E-state index in [1.54, 1.807) is 0 Å². The van der Waals surface area contributed by atoms with Crippen LogP contribution >= 0.6 is 11.8 Å². The summed E-state index contributed by atoms with van der Waals surface area (Å²) in [7, 11) is 0. The number of carbonyl (C=O) groups is 1. The van der Waals surface area contributed by atoms with Crippen LogP contribution in [0.4, 0.5) is 0 Å². The lowest BCUT2D eigenvalue weighted by molar-refractivity contribution is -0.658. The molecule has 4 heteroatoms. The topological polar surface area (TPSA) is 42.9 Å². The highest BCUT2D eigenvalue weighted by Crippen LogP contribution is 2.32. The van der Waals surface area contributed by atoms with Crippen LogP contribution in [-0.4, -0.2) is 35.7 Å². The Kier molecular flexibility index (Phi) is 5.16. The molecule has 0 aromatic rings. The monoisotopic (exact) mass is 258 g/mol. The molecular formula is C13H24NO2S+. The van der Waals surface area contributed by atoms with Gasteiger partial charge in [0, 0.05) is 11.7 Å². The van der Waals surface area contributed by atoms with Crippen molar-refractivity contribution in [2.24, 2.45) is 0 Å². The predicted molar refractivity (Wildman–Crippen MR) is 70.1 cm³/mol. The third kappa shape index (κ3) is 3.88. The maximum Gasteiger partial charge on any atom is 0.364 e. The summed E-state index contributed by atoms with van der Waals surface area (Å²) in [6.45, 7) is 3.47. The smallest absolute Gasteiger partial charge is 0.364 e. The van der Waals surface area contributed by atoms with Crippen LogP contribution in [0, 0.1) is 0 Å². The lowest BCUT2D eigenvalue weighted by Gasteiger charge is -2.22. The first-order chi connectivity index (χ1) is 8.29. The SMILES string of the molecule is CCOC(=O)C1C[C@@H](SC2CCCCC2)C[NH2+]1. The minimum absolute atomic E-state index is 0.0146. The van der Waals surface area contributed by atoms with Gasteiger partial charge in [-0.2, -0.15) is 0 Å². The second-order valence-corrected chi connectivity index (χ2v) is 6.69. The molecule has 0 aromatic carbocycles. The average Bonchev–Trinajstić information content (AvgIpc) is 2.79. The van der Waals surface area contributed by atoms with Gasteiger partial charge in [-0.1, -0.05) is 19.3 Å². The summed E-state index contributed by atoms with van der Waals surface area (Å²) >= 11 is 2.13. The second-order valence-electron chi connectivity index (χ2n) is 5.08. The number of quaternary nitrogens is 1. The minimum atomic E-state index is -0.0146. The molecule has 0 amide bonds. The van der Waals surface area contributed by atoms with Crippen LogP contribution in [0.3, 0.4) is 0 Å². The molecule has 2 atom stereocenters. The summed E-state index contributed by atoms with van der Waals surface area (Å²) in [4.78, 5) is 11.6. The Morgan fingerprint density at radius 3 is 2.76 bits per heavy atom. The first-order valence-electron chi connectivity index (χ1n) is 6.95. The van der Waals surface area contributed by atoms with Gasteiger partial charge in [0.2, 0.25) is 0 Å². The van der Waals surface area contributed by atoms with E-state index in [-0.39, 0.29) is 12.0 Å². The number of esters is 1. The van der Waals surface area contributed by atoms with Gasteiger partial charge in [0.05, 0.1) is 18.4 Å². The Hall–Kier alpha value is -0.220. The molecule has 0 spiro atoms. The van der Waals surface area contributed by atoms with Gasteiger partial charge >= 0.3 is 5.97 Å². The lowest BCUT2D eigenvalue weighted by atomic mass is 10.0. The van der Waals surface area contributed by atoms with Gasteiger partial charge < -0.3 is 10.1 Å². The van der Waals surface area contributed by atoms with Crippen LogP contribution in [0.1, 0.15) is 45.4 Å². The zero-order valence-electron chi connectivity index (χ0n) is 10.7. The first-order valence-corrected chi connectivity index (χ1v) is 7.89. The normalized spacial score (nSPS) is 30.4. The van der Waals surface area contributed by atoms with Gasteiger partial charge in [-0.25, -0.2) is 4.79 Å². The summed E-state index contributed by atoms with van der Waals surface area (Å²) in [5, 5.41) is 3.67. The maximum atomic E-state index is 11.6. The Bertz CT molecular complexity index is 254. The van der Waals surface area contributed by atoms with E-state index in [0.717, 1.165) is 18.2 Å². The number of thioether (sulfide) groups is 1. The molecule has 0 aromatic heterocycles. The molecule has 1 aliphatic carbocycles. The Balaban J connectivity index is 1.71. The van der Waals surface area contributed by atoms with Crippen LogP contribution < -0.4 is 5.32 Å². The van der Waals surface area contributed by atoms with Crippen LogP contribution in [0.25, 0.3) is 0 Å². The fourth-order valence-corrected chi connectivity index (χ4v) is 4.51. The van der Waals surface area contributed by atoms with Gasteiger partial charge in [-0.3, -0.25) is 0 Å². The van der Waals surface area contributed by atoms with Crippen molar-refractivity contribution in [1.29, 1.82) is 0 Å². The molecule has 3 nitrogen and oxygen atoms in total. The van der Waals surface area contributed by atoms with E-state index in [1.807, 2.05) is 6.92 Å². The number of ether oxygens (including phenoxy) is 1. The molecule has 2 N–H and O–H groups in total. The fraction of sp³-hybridized carbons (Fsp3) is 0.923. The molecule has 2 aliphatic rings. The van der Waals surface area contributed by atoms with Gasteiger partial charge in [0.25, 0.3) is 0 Å². The van der Waals surface area contributed by atoms with E-state index in [9.17, 15) is 4.79 Å². The molecular weight excluding hydrogens is 234 g/mol. The van der Waals surface area contributed by atoms with Crippen molar-refractivity contribution >= 4 is 17.7 Å². The molecule has 1 aliphatic heterocycles. The summed E-state index contributed by atoms with van der Waals surface area (Å²) in [5.74, 6) is -0.0146. The average molecular weight is 258 g/mol. The van der Waals surface area contributed by atoms with Crippen molar-refractivity contribution in [3.8, 4) is 0 Å². The maximum absolute atomic E-state index is 11.6. The van der Waals surface area contributed by atoms with Gasteiger partial charge in [-0.15, -0.1) is 11.8 Å². The predicted octanol–water partition coefficient (Wildman–Crippen LogP) is 1.32. The molecule has 0 radical (unpaired) electrons. The largest absolute Gasteiger partial charge is 0.462 e. The molecule has 2 rings (SSSR count). The van der Waals surface area contributed by atoms with E-state index in [1.165, 1.54) is 32.1 Å². The van der Waals surface area contributed by atoms with E-state index >= 15 is 0 Å². The van der Waals surface area contributed by atoms with E-state index in [2.05, 4.69) is 17.1 Å². The second kappa shape index (κ2) is 6.64. The van der Waals surface area contributed by atoms with Crippen LogP contribution in [0.15, 0.2) is 0 Å². The zero-order chi connectivity index (χ0) is 12.1. The molecule has 2 fully saturated rings. The Labute approximate surface area is 108 Å². The van der Waals surface area contributed by atoms with Crippen molar-refractivity contribution < 1.29 is 14.8 Å². The van der Waals surface area contributed by atoms with E-state index < -0.39 is 0 Å². The third-order valence-corrected chi connectivity index (χ3v) is 5.35. The summed E-state index contributed by atoms with van der Waals surface area (Å²) in [5.41, 5.74) is 0. The minimum Gasteiger partial charge on any atom is -0.462 e. The Morgan fingerprint density at radius 2 is 2.06 bits per heavy atom. The number of hydrogen-bond acceptors (Lipinski definition) is 3. The molecule has 0 bridgehead atoms. The summed E-state index contributed by atoms with van der Waals surface area (Å²) in [6.07, 6.45) is 7.97. The van der Waals surface area contributed by atoms with Crippen molar-refractivity contribution in [2.45, 2.75) is 62.0 Å². The number of nitrogens with two attached hydrogens (primary N) is 1. The molecule has 1 saturated heterocycles. The number of rotatable bonds is 4. The van der Waals surface area contributed by atoms with Crippen LogP contribution in [-0.2, 0) is 9.53 Å². The highest BCUT2D eigenvalue weighted by atomic mass is 32.2. The zero-order valence-corrected chi connectivity index (χ0v) is 11.5. The quantitative estimate of drug-likeness (QED) is 0.773. The Morgan fingerprint density at radius 1 is 1.29 bits per heavy atom. The van der Waals surface area contributed by atoms with Crippen LogP contribution in [0.2, 0.25) is 0 Å². The highest BCUT2D eigenvalue weighted by Gasteiger charge is 2.36. The third-order valence-electron chi connectivity index (χ3n) is 3.73. The van der Waals surface area contributed by atoms with Crippen molar-refractivity contribution in [1.82, 2.24) is 0 Å². The molecule has 17 heavy (non-hydrogen) atoms. The number of carbonyl (C=O) groups excluding carboxylic acids is 1. The standard InChI is InChI=1S/C13H23NO2S/c1-2-16-13(15)12-8-11(9-14-12)17-10-6-4-3-5-7-10/h10-12,14H,2-9H2,1H3/p+1/t11-,12?/m1/s1. The van der Waals surface area contributed by atoms with Crippen molar-refractivity contribution in [2.75, 3.05) is 13.2 Å². The van der Waals surface area contributed by atoms with Crippen LogP contribution in [0.5, 0.6) is 0 Å². The number of hydrogen-bond donors (Lipinski definition) is 1.